The van der Waals surface area contributed by atoms with E-state index < -0.39 is 0 Å². The Kier molecular flexibility index (Phi) is 4.83. The molecule has 1 fully saturated rings. The van der Waals surface area contributed by atoms with Gasteiger partial charge in [0.15, 0.2) is 0 Å². The Morgan fingerprint density at radius 3 is 2.58 bits per heavy atom. The maximum absolute atomic E-state index is 5.45. The van der Waals surface area contributed by atoms with Crippen LogP contribution < -0.4 is 15.4 Å². The number of methoxy groups -OCH3 is 1. The van der Waals surface area contributed by atoms with E-state index in [1.165, 1.54) is 24.0 Å². The van der Waals surface area contributed by atoms with Gasteiger partial charge < -0.3 is 15.4 Å². The maximum Gasteiger partial charge on any atom is 0.122 e. The smallest absolute Gasteiger partial charge is 0.122 e. The summed E-state index contributed by atoms with van der Waals surface area (Å²) < 4.78 is 5.45. The van der Waals surface area contributed by atoms with E-state index in [9.17, 15) is 0 Å². The minimum absolute atomic E-state index is 0.365. The first kappa shape index (κ1) is 14.4. The SMILES string of the molecule is CNC(CNC1CC1)c1ccc(OC)c(C(C)C)c1. The van der Waals surface area contributed by atoms with Gasteiger partial charge in [0.2, 0.25) is 0 Å². The van der Waals surface area contributed by atoms with Crippen LogP contribution >= 0.6 is 0 Å². The van der Waals surface area contributed by atoms with E-state index in [1.54, 1.807) is 7.11 Å². The molecule has 19 heavy (non-hydrogen) atoms. The zero-order valence-electron chi connectivity index (χ0n) is 12.5. The zero-order chi connectivity index (χ0) is 13.8. The Labute approximate surface area is 116 Å². The van der Waals surface area contributed by atoms with Crippen molar-refractivity contribution in [2.75, 3.05) is 20.7 Å². The number of benzene rings is 1. The molecule has 0 saturated heterocycles. The number of hydrogen-bond acceptors (Lipinski definition) is 3. The summed E-state index contributed by atoms with van der Waals surface area (Å²) in [5, 5.41) is 6.99. The minimum Gasteiger partial charge on any atom is -0.496 e. The molecule has 1 unspecified atom stereocenters. The molecule has 0 spiro atoms. The number of rotatable bonds is 7. The van der Waals surface area contributed by atoms with Crippen molar-refractivity contribution in [3.63, 3.8) is 0 Å². The molecule has 1 saturated carbocycles. The predicted octanol–water partition coefficient (Wildman–Crippen LogP) is 2.83. The second kappa shape index (κ2) is 6.40. The monoisotopic (exact) mass is 262 g/mol. The van der Waals surface area contributed by atoms with Gasteiger partial charge in [0, 0.05) is 18.6 Å². The van der Waals surface area contributed by atoms with Crippen molar-refractivity contribution in [3.05, 3.63) is 29.3 Å². The number of nitrogens with one attached hydrogen (secondary N) is 2. The fourth-order valence-electron chi connectivity index (χ4n) is 2.38. The molecular weight excluding hydrogens is 236 g/mol. The molecule has 0 heterocycles. The van der Waals surface area contributed by atoms with Gasteiger partial charge in [0.25, 0.3) is 0 Å². The molecule has 3 nitrogen and oxygen atoms in total. The van der Waals surface area contributed by atoms with Crippen molar-refractivity contribution in [3.8, 4) is 5.75 Å². The highest BCUT2D eigenvalue weighted by atomic mass is 16.5. The molecule has 106 valence electrons. The van der Waals surface area contributed by atoms with Crippen LogP contribution in [0.3, 0.4) is 0 Å². The van der Waals surface area contributed by atoms with Gasteiger partial charge in [-0.2, -0.15) is 0 Å². The van der Waals surface area contributed by atoms with Gasteiger partial charge in [-0.25, -0.2) is 0 Å². The highest BCUT2D eigenvalue weighted by Crippen LogP contribution is 2.29. The van der Waals surface area contributed by atoms with Gasteiger partial charge in [0.1, 0.15) is 5.75 Å². The molecule has 1 aliphatic carbocycles. The van der Waals surface area contributed by atoms with Crippen molar-refractivity contribution >= 4 is 0 Å². The predicted molar refractivity (Wildman–Crippen MR) is 79.9 cm³/mol. The Bertz CT molecular complexity index is 413. The van der Waals surface area contributed by atoms with E-state index in [2.05, 4.69) is 42.7 Å². The average molecular weight is 262 g/mol. The highest BCUT2D eigenvalue weighted by Gasteiger charge is 2.22. The standard InChI is InChI=1S/C16H26N2O/c1-11(2)14-9-12(5-8-16(14)19-4)15(17-3)10-18-13-6-7-13/h5,8-9,11,13,15,17-18H,6-7,10H2,1-4H3. The van der Waals surface area contributed by atoms with E-state index >= 15 is 0 Å². The molecular formula is C16H26N2O. The summed E-state index contributed by atoms with van der Waals surface area (Å²) in [5.74, 6) is 1.47. The summed E-state index contributed by atoms with van der Waals surface area (Å²) in [6, 6.07) is 7.65. The topological polar surface area (TPSA) is 33.3 Å². The Morgan fingerprint density at radius 1 is 1.32 bits per heavy atom. The summed E-state index contributed by atoms with van der Waals surface area (Å²) in [7, 11) is 3.77. The van der Waals surface area contributed by atoms with Crippen molar-refractivity contribution in [2.45, 2.75) is 44.7 Å². The third kappa shape index (κ3) is 3.71. The summed E-state index contributed by atoms with van der Waals surface area (Å²) in [6.07, 6.45) is 2.66. The van der Waals surface area contributed by atoms with Gasteiger partial charge in [-0.15, -0.1) is 0 Å². The molecule has 0 aliphatic heterocycles. The van der Waals surface area contributed by atoms with Crippen LogP contribution in [0.4, 0.5) is 0 Å². The summed E-state index contributed by atoms with van der Waals surface area (Å²) in [5.41, 5.74) is 2.62. The Balaban J connectivity index is 2.14. The summed E-state index contributed by atoms with van der Waals surface area (Å²) in [4.78, 5) is 0. The molecule has 2 N–H and O–H groups in total. The van der Waals surface area contributed by atoms with Crippen LogP contribution in [-0.2, 0) is 0 Å². The summed E-state index contributed by atoms with van der Waals surface area (Å²) in [6.45, 7) is 5.40. The Morgan fingerprint density at radius 2 is 2.05 bits per heavy atom. The molecule has 2 rings (SSSR count). The number of ether oxygens (including phenoxy) is 1. The number of likely N-dealkylation sites (N-methyl/N-ethyl adjacent to an activating group) is 1. The molecule has 0 amide bonds. The molecule has 1 aromatic rings. The maximum atomic E-state index is 5.45. The zero-order valence-corrected chi connectivity index (χ0v) is 12.5. The molecule has 1 atom stereocenters. The van der Waals surface area contributed by atoms with Crippen molar-refractivity contribution in [2.24, 2.45) is 0 Å². The lowest BCUT2D eigenvalue weighted by atomic mass is 9.96. The van der Waals surface area contributed by atoms with Gasteiger partial charge >= 0.3 is 0 Å². The lowest BCUT2D eigenvalue weighted by molar-refractivity contribution is 0.407. The van der Waals surface area contributed by atoms with Crippen molar-refractivity contribution in [1.29, 1.82) is 0 Å². The van der Waals surface area contributed by atoms with Gasteiger partial charge in [-0.3, -0.25) is 0 Å². The van der Waals surface area contributed by atoms with E-state index in [-0.39, 0.29) is 0 Å². The van der Waals surface area contributed by atoms with Crippen LogP contribution in [0.5, 0.6) is 5.75 Å². The minimum atomic E-state index is 0.365. The van der Waals surface area contributed by atoms with E-state index in [0.29, 0.717) is 12.0 Å². The second-order valence-electron chi connectivity index (χ2n) is 5.68. The van der Waals surface area contributed by atoms with Crippen molar-refractivity contribution < 1.29 is 4.74 Å². The van der Waals surface area contributed by atoms with Crippen LogP contribution in [0.1, 0.15) is 49.8 Å². The lowest BCUT2D eigenvalue weighted by Crippen LogP contribution is -2.30. The number of hydrogen-bond donors (Lipinski definition) is 2. The second-order valence-corrected chi connectivity index (χ2v) is 5.68. The molecule has 3 heteroatoms. The van der Waals surface area contributed by atoms with Crippen LogP contribution in [0.2, 0.25) is 0 Å². The van der Waals surface area contributed by atoms with Crippen LogP contribution in [0.25, 0.3) is 0 Å². The first-order chi connectivity index (χ1) is 9.15. The first-order valence-corrected chi connectivity index (χ1v) is 7.24. The van der Waals surface area contributed by atoms with Crippen LogP contribution in [0.15, 0.2) is 18.2 Å². The third-order valence-electron chi connectivity index (χ3n) is 3.81. The molecule has 0 aromatic heterocycles. The molecule has 1 aliphatic rings. The van der Waals surface area contributed by atoms with Crippen molar-refractivity contribution in [1.82, 2.24) is 10.6 Å². The van der Waals surface area contributed by atoms with Gasteiger partial charge in [-0.1, -0.05) is 26.0 Å². The van der Waals surface area contributed by atoms with Crippen LogP contribution in [0, 0.1) is 0 Å². The Hall–Kier alpha value is -1.06. The highest BCUT2D eigenvalue weighted by molar-refractivity contribution is 5.40. The normalized spacial score (nSPS) is 16.7. The fraction of sp³-hybridized carbons (Fsp3) is 0.625. The third-order valence-corrected chi connectivity index (χ3v) is 3.81. The molecule has 0 bridgehead atoms. The lowest BCUT2D eigenvalue weighted by Gasteiger charge is -2.20. The van der Waals surface area contributed by atoms with Gasteiger partial charge in [-0.05, 0) is 43.0 Å². The molecule has 1 aromatic carbocycles. The van der Waals surface area contributed by atoms with E-state index in [1.807, 2.05) is 7.05 Å². The first-order valence-electron chi connectivity index (χ1n) is 7.24. The fourth-order valence-corrected chi connectivity index (χ4v) is 2.38. The largest absolute Gasteiger partial charge is 0.496 e. The molecule has 0 radical (unpaired) electrons. The van der Waals surface area contributed by atoms with E-state index in [4.69, 9.17) is 4.74 Å². The van der Waals surface area contributed by atoms with Gasteiger partial charge in [0.05, 0.1) is 7.11 Å². The van der Waals surface area contributed by atoms with E-state index in [0.717, 1.165) is 18.3 Å². The van der Waals surface area contributed by atoms with Crippen LogP contribution in [-0.4, -0.2) is 26.7 Å². The average Bonchev–Trinajstić information content (AvgIpc) is 3.23. The summed E-state index contributed by atoms with van der Waals surface area (Å²) >= 11 is 0. The quantitative estimate of drug-likeness (QED) is 0.793.